The van der Waals surface area contributed by atoms with Gasteiger partial charge in [-0.2, -0.15) is 10.1 Å². The van der Waals surface area contributed by atoms with Crippen LogP contribution in [0.15, 0.2) is 76.0 Å². The molecule has 0 bridgehead atoms. The van der Waals surface area contributed by atoms with Crippen molar-refractivity contribution in [2.75, 3.05) is 11.9 Å². The molecule has 0 aliphatic carbocycles. The normalized spacial score (nSPS) is 15.4. The lowest BCUT2D eigenvalue weighted by molar-refractivity contribution is -0.144. The fourth-order valence-corrected chi connectivity index (χ4v) is 9.07. The van der Waals surface area contributed by atoms with Crippen molar-refractivity contribution >= 4 is 63.2 Å². The summed E-state index contributed by atoms with van der Waals surface area (Å²) >= 11 is 8.05. The number of amides is 3. The number of rotatable bonds is 15. The first-order valence-corrected chi connectivity index (χ1v) is 23.2. The summed E-state index contributed by atoms with van der Waals surface area (Å²) in [5, 5.41) is 32.3. The molecule has 3 aromatic carbocycles. The third kappa shape index (κ3) is 10.8. The van der Waals surface area contributed by atoms with Crippen LogP contribution in [-0.4, -0.2) is 96.3 Å². The number of nitrogens with one attached hydrogen (secondary N) is 3. The Morgan fingerprint density at radius 2 is 1.73 bits per heavy atom. The second-order valence-electron chi connectivity index (χ2n) is 18.0. The first kappa shape index (κ1) is 49.2. The van der Waals surface area contributed by atoms with Crippen LogP contribution in [0.25, 0.3) is 21.3 Å². The van der Waals surface area contributed by atoms with Gasteiger partial charge in [-0.25, -0.2) is 32.3 Å². The Labute approximate surface area is 405 Å². The molecule has 70 heavy (non-hydrogen) atoms. The number of benzene rings is 3. The summed E-state index contributed by atoms with van der Waals surface area (Å²) in [7, 11) is 1.70. The number of carbonyl (C=O) groups excluding carboxylic acids is 3. The zero-order valence-electron chi connectivity index (χ0n) is 38.4. The maximum atomic E-state index is 15.0. The highest BCUT2D eigenvalue weighted by molar-refractivity contribution is 7.13. The van der Waals surface area contributed by atoms with E-state index in [4.69, 9.17) is 11.6 Å². The first-order valence-electron chi connectivity index (χ1n) is 21.9. The minimum absolute atomic E-state index is 0.0166. The van der Waals surface area contributed by atoms with Crippen LogP contribution in [0.2, 0.25) is 5.02 Å². The van der Waals surface area contributed by atoms with E-state index in [0.717, 1.165) is 26.3 Å². The van der Waals surface area contributed by atoms with Gasteiger partial charge in [-0.3, -0.25) is 28.3 Å². The molecule has 1 aliphatic rings. The molecule has 0 spiro atoms. The molecule has 5 heterocycles. The number of carbonyl (C=O) groups is 3. The molecule has 0 radical (unpaired) electrons. The van der Waals surface area contributed by atoms with Crippen LogP contribution in [0.5, 0.6) is 0 Å². The number of aliphatic hydroxyl groups excluding tert-OH is 1. The zero-order valence-corrected chi connectivity index (χ0v) is 40.0. The largest absolute Gasteiger partial charge is 0.391 e. The van der Waals surface area contributed by atoms with Crippen molar-refractivity contribution in [3.05, 3.63) is 132 Å². The summed E-state index contributed by atoms with van der Waals surface area (Å²) in [4.78, 5) is 79.4. The number of likely N-dealkylation sites (tertiary alicyclic amines) is 1. The Morgan fingerprint density at radius 3 is 2.44 bits per heavy atom. The SMILES string of the molecule is Cc1ncsc1-c1ccc(CNC(=O)[C@@H]2C[C@@H](O)CN2C(=O)[C@@H](NC(=O)CCn2cc(Cn3c(=O)nc(Nc4cc5cn(C)nc5cc4Cl)n(Cc4cc(F)c(F)cc4F)c3=O)nn2)C(C)(C)C)cc1. The molecule has 1 saturated heterocycles. The van der Waals surface area contributed by atoms with Gasteiger partial charge in [0, 0.05) is 56.2 Å². The maximum absolute atomic E-state index is 15.0. The van der Waals surface area contributed by atoms with Crippen LogP contribution >= 0.6 is 22.9 Å². The lowest BCUT2D eigenvalue weighted by atomic mass is 9.85. The minimum atomic E-state index is -1.44. The van der Waals surface area contributed by atoms with Gasteiger partial charge >= 0.3 is 11.4 Å². The van der Waals surface area contributed by atoms with Crippen molar-refractivity contribution in [3.63, 3.8) is 0 Å². The highest BCUT2D eigenvalue weighted by Gasteiger charge is 2.44. The molecule has 1 fully saturated rings. The Kier molecular flexibility index (Phi) is 14.1. The molecular weight excluding hydrogens is 955 g/mol. The molecule has 8 rings (SSSR count). The Bertz CT molecular complexity index is 3260. The average molecular weight is 1000 g/mol. The van der Waals surface area contributed by atoms with Gasteiger partial charge in [-0.1, -0.05) is 61.9 Å². The lowest BCUT2D eigenvalue weighted by Gasteiger charge is -2.35. The number of aryl methyl sites for hydroxylation is 3. The quantitative estimate of drug-likeness (QED) is 0.105. The van der Waals surface area contributed by atoms with Crippen molar-refractivity contribution in [2.24, 2.45) is 12.5 Å². The second kappa shape index (κ2) is 20.0. The van der Waals surface area contributed by atoms with Crippen LogP contribution < -0.4 is 27.3 Å². The summed E-state index contributed by atoms with van der Waals surface area (Å²) in [6, 6.07) is 9.68. The topological polar surface area (TPSA) is 229 Å². The van der Waals surface area contributed by atoms with E-state index in [2.05, 4.69) is 41.3 Å². The molecule has 3 atom stereocenters. The van der Waals surface area contributed by atoms with Crippen LogP contribution in [0.4, 0.5) is 24.8 Å². The van der Waals surface area contributed by atoms with Gasteiger partial charge in [0.05, 0.1) is 64.2 Å². The Balaban J connectivity index is 0.934. The molecule has 4 aromatic heterocycles. The van der Waals surface area contributed by atoms with Crippen LogP contribution in [-0.2, 0) is 47.6 Å². The number of fused-ring (bicyclic) bond motifs is 1. The van der Waals surface area contributed by atoms with Gasteiger partial charge < -0.3 is 26.0 Å². The number of hydrogen-bond donors (Lipinski definition) is 4. The number of thiazole rings is 1. The standard InChI is InChI=1S/C46H47ClF3N13O6S/c1-24-39(70-23-52-24)26-8-6-25(7-9-26)17-51-41(66)37-14-30(64)22-61(37)42(67)40(46(2,3)4)54-38(65)10-11-60-20-29(56-58-60)21-63-44(68)55-43(53-36-13-28-18-59(5)57-35(28)15-31(36)47)62(45(63)69)19-27-12-33(49)34(50)16-32(27)48/h6-9,12-13,15-16,18,20,23,30,37,40,64H,10-11,14,17,19,21-22H2,1-5H3,(H,51,66)(H,54,65)(H,53,55,68)/t30-,37+,40-/m1/s1. The van der Waals surface area contributed by atoms with Crippen LogP contribution in [0, 0.1) is 29.8 Å². The van der Waals surface area contributed by atoms with Gasteiger partial charge in [0.15, 0.2) is 11.6 Å². The van der Waals surface area contributed by atoms with E-state index in [1.807, 2.05) is 31.2 Å². The lowest BCUT2D eigenvalue weighted by Crippen LogP contribution is -2.57. The maximum Gasteiger partial charge on any atom is 0.355 e. The van der Waals surface area contributed by atoms with Crippen molar-refractivity contribution < 1.29 is 32.7 Å². The fraction of sp³-hybridized carbons (Fsp3) is 0.348. The monoisotopic (exact) mass is 1000 g/mol. The summed E-state index contributed by atoms with van der Waals surface area (Å²) < 4.78 is 47.5. The van der Waals surface area contributed by atoms with Gasteiger partial charge in [0.1, 0.15) is 23.6 Å². The summed E-state index contributed by atoms with van der Waals surface area (Å²) in [6.45, 7) is 6.06. The molecule has 366 valence electrons. The number of β-amino-alcohol motifs (C(OH)–C–C–N with tert-alkyl or cyclic N) is 1. The molecule has 19 nitrogen and oxygen atoms in total. The average Bonchev–Trinajstić information content (AvgIpc) is 4.12. The molecule has 0 saturated carbocycles. The Hall–Kier alpha value is -7.24. The van der Waals surface area contributed by atoms with E-state index in [1.54, 1.807) is 56.3 Å². The van der Waals surface area contributed by atoms with Gasteiger partial charge in [0.25, 0.3) is 0 Å². The van der Waals surface area contributed by atoms with Gasteiger partial charge in [0.2, 0.25) is 23.7 Å². The number of halogens is 4. The number of anilines is 2. The van der Waals surface area contributed by atoms with Crippen molar-refractivity contribution in [2.45, 2.75) is 84.9 Å². The number of nitrogens with zero attached hydrogens (tertiary/aromatic N) is 10. The fourth-order valence-electron chi connectivity index (χ4n) is 8.06. The minimum Gasteiger partial charge on any atom is -0.391 e. The van der Waals surface area contributed by atoms with Crippen LogP contribution in [0.3, 0.4) is 0 Å². The zero-order chi connectivity index (χ0) is 50.2. The molecule has 7 aromatic rings. The molecule has 24 heteroatoms. The van der Waals surface area contributed by atoms with Gasteiger partial charge in [-0.05, 0) is 41.7 Å². The van der Waals surface area contributed by atoms with E-state index in [1.165, 1.54) is 27.1 Å². The second-order valence-corrected chi connectivity index (χ2v) is 19.3. The third-order valence-electron chi connectivity index (χ3n) is 11.7. The van der Waals surface area contributed by atoms with Gasteiger partial charge in [-0.15, -0.1) is 16.4 Å². The molecule has 4 N–H and O–H groups in total. The van der Waals surface area contributed by atoms with Crippen LogP contribution in [0.1, 0.15) is 56.1 Å². The molecular formula is C46H47ClF3N13O6S. The first-order chi connectivity index (χ1) is 33.2. The van der Waals surface area contributed by atoms with Crippen molar-refractivity contribution in [1.29, 1.82) is 0 Å². The van der Waals surface area contributed by atoms with E-state index in [9.17, 15) is 42.3 Å². The van der Waals surface area contributed by atoms with E-state index in [-0.39, 0.29) is 54.8 Å². The summed E-state index contributed by atoms with van der Waals surface area (Å²) in [6.07, 6.45) is 1.94. The summed E-state index contributed by atoms with van der Waals surface area (Å²) in [5.41, 5.74) is 2.05. The molecule has 3 amide bonds. The van der Waals surface area contributed by atoms with Crippen molar-refractivity contribution in [3.8, 4) is 10.4 Å². The number of hydrogen-bond acceptors (Lipinski definition) is 13. The Morgan fingerprint density at radius 1 is 0.986 bits per heavy atom. The van der Waals surface area contributed by atoms with E-state index in [0.29, 0.717) is 27.6 Å². The highest BCUT2D eigenvalue weighted by Crippen LogP contribution is 2.31. The molecule has 0 unspecified atom stereocenters. The predicted molar refractivity (Wildman–Crippen MR) is 253 cm³/mol. The smallest absolute Gasteiger partial charge is 0.355 e. The number of aromatic nitrogens is 9. The van der Waals surface area contributed by atoms with E-state index >= 15 is 0 Å². The third-order valence-corrected chi connectivity index (χ3v) is 13.0. The predicted octanol–water partition coefficient (Wildman–Crippen LogP) is 4.43. The molecule has 1 aliphatic heterocycles. The summed E-state index contributed by atoms with van der Waals surface area (Å²) in [5.74, 6) is -5.88. The highest BCUT2D eigenvalue weighted by atomic mass is 35.5. The van der Waals surface area contributed by atoms with E-state index < -0.39 is 88.8 Å². The number of aliphatic hydroxyl groups is 1. The van der Waals surface area contributed by atoms with Crippen molar-refractivity contribution in [1.82, 2.24) is 59.4 Å².